The van der Waals surface area contributed by atoms with Gasteiger partial charge in [-0.2, -0.15) is 0 Å². The van der Waals surface area contributed by atoms with Gasteiger partial charge in [0.2, 0.25) is 0 Å². The second kappa shape index (κ2) is 8.16. The Hall–Kier alpha value is -2.17. The molecule has 158 valence electrons. The van der Waals surface area contributed by atoms with Crippen LogP contribution < -0.4 is 5.32 Å². The van der Waals surface area contributed by atoms with E-state index in [2.05, 4.69) is 40.5 Å². The summed E-state index contributed by atoms with van der Waals surface area (Å²) in [5.41, 5.74) is 0.721. The quantitative estimate of drug-likeness (QED) is 0.744. The van der Waals surface area contributed by atoms with E-state index in [0.29, 0.717) is 11.8 Å². The molecular formula is C26H32N2O2. The molecule has 1 aliphatic heterocycles. The van der Waals surface area contributed by atoms with E-state index in [-0.39, 0.29) is 17.9 Å². The fourth-order valence-electron chi connectivity index (χ4n) is 5.79. The van der Waals surface area contributed by atoms with Gasteiger partial charge in [-0.25, -0.2) is 0 Å². The summed E-state index contributed by atoms with van der Waals surface area (Å²) in [6, 6.07) is 20.4. The van der Waals surface area contributed by atoms with E-state index in [0.717, 1.165) is 57.3 Å². The van der Waals surface area contributed by atoms with Gasteiger partial charge in [-0.1, -0.05) is 73.5 Å². The summed E-state index contributed by atoms with van der Waals surface area (Å²) >= 11 is 0. The van der Waals surface area contributed by atoms with Gasteiger partial charge in [0.15, 0.2) is 5.60 Å². The molecule has 2 saturated carbocycles. The van der Waals surface area contributed by atoms with Crippen molar-refractivity contribution >= 4 is 5.91 Å². The number of fused-ring (bicyclic) bond motifs is 1. The zero-order valence-electron chi connectivity index (χ0n) is 17.5. The Morgan fingerprint density at radius 1 is 0.967 bits per heavy atom. The Labute approximate surface area is 179 Å². The molecule has 2 aromatic rings. The highest BCUT2D eigenvalue weighted by atomic mass is 16.3. The van der Waals surface area contributed by atoms with Gasteiger partial charge in [-0.15, -0.1) is 0 Å². The monoisotopic (exact) mass is 404 g/mol. The van der Waals surface area contributed by atoms with E-state index in [1.54, 1.807) is 0 Å². The van der Waals surface area contributed by atoms with Crippen molar-refractivity contribution in [3.63, 3.8) is 0 Å². The lowest BCUT2D eigenvalue weighted by molar-refractivity contribution is -0.147. The number of hydrogen-bond acceptors (Lipinski definition) is 3. The van der Waals surface area contributed by atoms with Crippen LogP contribution >= 0.6 is 0 Å². The minimum absolute atomic E-state index is 0.0147. The molecule has 4 nitrogen and oxygen atoms in total. The third-order valence-electron chi connectivity index (χ3n) is 7.63. The Morgan fingerprint density at radius 2 is 1.57 bits per heavy atom. The molecule has 2 N–H and O–H groups in total. The lowest BCUT2D eigenvalue weighted by Gasteiger charge is -2.33. The second-order valence-electron chi connectivity index (χ2n) is 9.44. The number of nitrogens with zero attached hydrogens (tertiary/aromatic N) is 1. The van der Waals surface area contributed by atoms with Crippen molar-refractivity contribution in [1.29, 1.82) is 0 Å². The molecule has 0 aromatic heterocycles. The van der Waals surface area contributed by atoms with Crippen molar-refractivity contribution in [2.75, 3.05) is 19.6 Å². The molecule has 2 aliphatic carbocycles. The highest BCUT2D eigenvalue weighted by molar-refractivity contribution is 5.87. The van der Waals surface area contributed by atoms with Crippen LogP contribution in [0.5, 0.6) is 0 Å². The topological polar surface area (TPSA) is 52.6 Å². The molecule has 3 unspecified atom stereocenters. The first-order valence-electron chi connectivity index (χ1n) is 11.5. The minimum atomic E-state index is -1.40. The van der Waals surface area contributed by atoms with Crippen molar-refractivity contribution in [2.24, 2.45) is 17.8 Å². The SMILES string of the molecule is O=C(NC1C2CN(CCc3ccccc3)CC21)C(O)(c1ccccc1)C1CCCC1. The third-order valence-corrected chi connectivity index (χ3v) is 7.63. The summed E-state index contributed by atoms with van der Waals surface area (Å²) in [7, 11) is 0. The van der Waals surface area contributed by atoms with Crippen LogP contribution in [0.3, 0.4) is 0 Å². The van der Waals surface area contributed by atoms with Gasteiger partial charge in [0, 0.05) is 31.6 Å². The first-order chi connectivity index (χ1) is 14.7. The van der Waals surface area contributed by atoms with Crippen molar-refractivity contribution < 1.29 is 9.90 Å². The molecule has 0 bridgehead atoms. The van der Waals surface area contributed by atoms with Gasteiger partial charge in [-0.05, 0) is 42.2 Å². The molecule has 3 aliphatic rings. The standard InChI is InChI=1S/C26H32N2O2/c29-25(26(30,21-13-7-8-14-21)20-11-5-2-6-12-20)27-24-22-17-28(18-23(22)24)16-15-19-9-3-1-4-10-19/h1-6,9-12,21-24,30H,7-8,13-18H2,(H,27,29). The summed E-state index contributed by atoms with van der Waals surface area (Å²) in [6.07, 6.45) is 5.11. The Morgan fingerprint density at radius 3 is 2.20 bits per heavy atom. The van der Waals surface area contributed by atoms with Crippen LogP contribution in [-0.4, -0.2) is 41.6 Å². The minimum Gasteiger partial charge on any atom is -0.375 e. The molecule has 5 rings (SSSR count). The highest BCUT2D eigenvalue weighted by Crippen LogP contribution is 2.47. The van der Waals surface area contributed by atoms with Crippen LogP contribution in [0, 0.1) is 17.8 Å². The molecule has 3 atom stereocenters. The lowest BCUT2D eigenvalue weighted by atomic mass is 9.79. The van der Waals surface area contributed by atoms with Gasteiger partial charge in [-0.3, -0.25) is 4.79 Å². The van der Waals surface area contributed by atoms with Crippen LogP contribution in [0.15, 0.2) is 60.7 Å². The maximum atomic E-state index is 13.4. The van der Waals surface area contributed by atoms with Crippen LogP contribution in [0.1, 0.15) is 36.8 Å². The van der Waals surface area contributed by atoms with E-state index < -0.39 is 5.60 Å². The fourth-order valence-corrected chi connectivity index (χ4v) is 5.79. The fraction of sp³-hybridized carbons (Fsp3) is 0.500. The molecule has 30 heavy (non-hydrogen) atoms. The first kappa shape index (κ1) is 19.8. The number of amides is 1. The summed E-state index contributed by atoms with van der Waals surface area (Å²) in [4.78, 5) is 15.9. The zero-order valence-corrected chi connectivity index (χ0v) is 17.5. The molecule has 0 spiro atoms. The van der Waals surface area contributed by atoms with E-state index >= 15 is 0 Å². The second-order valence-corrected chi connectivity index (χ2v) is 9.44. The number of aliphatic hydroxyl groups is 1. The average molecular weight is 405 g/mol. The summed E-state index contributed by atoms with van der Waals surface area (Å²) in [5.74, 6) is 0.901. The van der Waals surface area contributed by atoms with Gasteiger partial charge >= 0.3 is 0 Å². The number of benzene rings is 2. The molecule has 1 amide bonds. The first-order valence-corrected chi connectivity index (χ1v) is 11.5. The number of likely N-dealkylation sites (tertiary alicyclic amines) is 1. The van der Waals surface area contributed by atoms with E-state index in [4.69, 9.17) is 0 Å². The number of carbonyl (C=O) groups is 1. The van der Waals surface area contributed by atoms with E-state index in [1.807, 2.05) is 30.3 Å². The van der Waals surface area contributed by atoms with E-state index in [9.17, 15) is 9.90 Å². The van der Waals surface area contributed by atoms with Crippen LogP contribution in [0.25, 0.3) is 0 Å². The average Bonchev–Trinajstić information content (AvgIpc) is 3.20. The maximum Gasteiger partial charge on any atom is 0.257 e. The largest absolute Gasteiger partial charge is 0.375 e. The van der Waals surface area contributed by atoms with Crippen LogP contribution in [0.2, 0.25) is 0 Å². The summed E-state index contributed by atoms with van der Waals surface area (Å²) in [5, 5.41) is 14.9. The van der Waals surface area contributed by atoms with Gasteiger partial charge in [0.05, 0.1) is 0 Å². The number of rotatable bonds is 7. The van der Waals surface area contributed by atoms with E-state index in [1.165, 1.54) is 5.56 Å². The third kappa shape index (κ3) is 3.67. The molecule has 1 saturated heterocycles. The molecular weight excluding hydrogens is 372 g/mol. The van der Waals surface area contributed by atoms with Crippen LogP contribution in [-0.2, 0) is 16.8 Å². The van der Waals surface area contributed by atoms with Gasteiger partial charge < -0.3 is 15.3 Å². The Balaban J connectivity index is 1.19. The van der Waals surface area contributed by atoms with Crippen molar-refractivity contribution in [1.82, 2.24) is 10.2 Å². The molecule has 1 heterocycles. The Kier molecular flexibility index (Phi) is 5.38. The predicted octanol–water partition coefficient (Wildman–Crippen LogP) is 3.35. The number of nitrogens with one attached hydrogen (secondary N) is 1. The number of carbonyl (C=O) groups excluding carboxylic acids is 1. The highest BCUT2D eigenvalue weighted by Gasteiger charge is 2.58. The summed E-state index contributed by atoms with van der Waals surface area (Å²) < 4.78 is 0. The molecule has 4 heteroatoms. The maximum absolute atomic E-state index is 13.4. The normalized spacial score (nSPS) is 28.1. The number of hydrogen-bond donors (Lipinski definition) is 2. The zero-order chi connectivity index (χ0) is 20.6. The van der Waals surface area contributed by atoms with Crippen molar-refractivity contribution in [2.45, 2.75) is 43.7 Å². The molecule has 3 fully saturated rings. The van der Waals surface area contributed by atoms with Crippen molar-refractivity contribution in [3.05, 3.63) is 71.8 Å². The molecule has 0 radical (unpaired) electrons. The Bertz CT molecular complexity index is 853. The molecule has 2 aromatic carbocycles. The van der Waals surface area contributed by atoms with Gasteiger partial charge in [0.25, 0.3) is 5.91 Å². The van der Waals surface area contributed by atoms with Crippen molar-refractivity contribution in [3.8, 4) is 0 Å². The van der Waals surface area contributed by atoms with Gasteiger partial charge in [0.1, 0.15) is 0 Å². The lowest BCUT2D eigenvalue weighted by Crippen LogP contribution is -2.51. The smallest absolute Gasteiger partial charge is 0.257 e. The summed E-state index contributed by atoms with van der Waals surface area (Å²) in [6.45, 7) is 3.18. The predicted molar refractivity (Wildman–Crippen MR) is 118 cm³/mol. The van der Waals surface area contributed by atoms with Crippen LogP contribution in [0.4, 0.5) is 0 Å². The number of piperidine rings is 1.